The number of nitrogens with zero attached hydrogens (tertiary/aromatic N) is 2. The second-order valence-corrected chi connectivity index (χ2v) is 7.08. The first-order valence-electron chi connectivity index (χ1n) is 7.04. The maximum atomic E-state index is 4.70. The molecular weight excluding hydrogens is 346 g/mol. The predicted molar refractivity (Wildman–Crippen MR) is 92.0 cm³/mol. The Morgan fingerprint density at radius 3 is 3.05 bits per heavy atom. The summed E-state index contributed by atoms with van der Waals surface area (Å²) in [7, 11) is 2.01. The average Bonchev–Trinajstić information content (AvgIpc) is 3.00. The van der Waals surface area contributed by atoms with Gasteiger partial charge in [-0.05, 0) is 50.0 Å². The molecule has 1 N–H and O–H groups in total. The van der Waals surface area contributed by atoms with E-state index >= 15 is 0 Å². The normalized spacial score (nSPS) is 12.9. The van der Waals surface area contributed by atoms with Crippen LogP contribution in [0.3, 0.4) is 0 Å². The van der Waals surface area contributed by atoms with Gasteiger partial charge in [-0.3, -0.25) is 4.40 Å². The molecule has 0 saturated carbocycles. The topological polar surface area (TPSA) is 29.3 Å². The second kappa shape index (κ2) is 6.73. The van der Waals surface area contributed by atoms with E-state index in [4.69, 9.17) is 4.98 Å². The van der Waals surface area contributed by atoms with Crippen LogP contribution < -0.4 is 5.32 Å². The Labute approximate surface area is 137 Å². The molecule has 3 rings (SSSR count). The van der Waals surface area contributed by atoms with E-state index in [0.29, 0.717) is 5.92 Å². The highest BCUT2D eigenvalue weighted by atomic mass is 79.9. The predicted octanol–water partition coefficient (Wildman–Crippen LogP) is 3.78. The van der Waals surface area contributed by atoms with Gasteiger partial charge in [0, 0.05) is 22.2 Å². The van der Waals surface area contributed by atoms with Crippen LogP contribution in [0.25, 0.3) is 4.96 Å². The van der Waals surface area contributed by atoms with Gasteiger partial charge in [0.15, 0.2) is 4.96 Å². The van der Waals surface area contributed by atoms with Crippen LogP contribution in [0, 0.1) is 5.92 Å². The maximum Gasteiger partial charge on any atom is 0.193 e. The number of hydrogen-bond donors (Lipinski definition) is 1. The third-order valence-electron chi connectivity index (χ3n) is 3.55. The number of halogens is 1. The highest BCUT2D eigenvalue weighted by Gasteiger charge is 2.13. The van der Waals surface area contributed by atoms with Crippen molar-refractivity contribution in [1.82, 2.24) is 14.7 Å². The lowest BCUT2D eigenvalue weighted by atomic mass is 9.95. The van der Waals surface area contributed by atoms with Crippen LogP contribution in [0.1, 0.15) is 11.3 Å². The Bertz CT molecular complexity index is 690. The van der Waals surface area contributed by atoms with Gasteiger partial charge in [-0.1, -0.05) is 28.1 Å². The molecule has 110 valence electrons. The number of nitrogens with one attached hydrogen (secondary N) is 1. The Hall–Kier alpha value is -1.17. The molecule has 0 bridgehead atoms. The summed E-state index contributed by atoms with van der Waals surface area (Å²) in [6.45, 7) is 0.998. The third kappa shape index (κ3) is 3.73. The van der Waals surface area contributed by atoms with E-state index in [1.807, 2.05) is 7.05 Å². The number of aromatic nitrogens is 2. The van der Waals surface area contributed by atoms with E-state index < -0.39 is 0 Å². The summed E-state index contributed by atoms with van der Waals surface area (Å²) in [5, 5.41) is 5.37. The molecule has 0 spiro atoms. The fraction of sp³-hybridized carbons (Fsp3) is 0.312. The molecule has 1 unspecified atom stereocenters. The molecule has 0 aliphatic carbocycles. The van der Waals surface area contributed by atoms with Gasteiger partial charge in [-0.25, -0.2) is 4.98 Å². The van der Waals surface area contributed by atoms with E-state index in [1.54, 1.807) is 11.3 Å². The van der Waals surface area contributed by atoms with Crippen LogP contribution in [-0.2, 0) is 12.8 Å². The molecule has 0 aliphatic rings. The summed E-state index contributed by atoms with van der Waals surface area (Å²) < 4.78 is 3.25. The Morgan fingerprint density at radius 1 is 1.38 bits per heavy atom. The van der Waals surface area contributed by atoms with Crippen molar-refractivity contribution in [2.45, 2.75) is 12.8 Å². The van der Waals surface area contributed by atoms with Gasteiger partial charge < -0.3 is 5.32 Å². The number of imidazole rings is 1. The second-order valence-electron chi connectivity index (χ2n) is 5.29. The first kappa shape index (κ1) is 14.8. The van der Waals surface area contributed by atoms with Gasteiger partial charge in [0.05, 0.1) is 5.69 Å². The molecule has 5 heteroatoms. The fourth-order valence-electron chi connectivity index (χ4n) is 2.67. The van der Waals surface area contributed by atoms with Crippen LogP contribution >= 0.6 is 27.3 Å². The van der Waals surface area contributed by atoms with Crippen LogP contribution in [-0.4, -0.2) is 23.0 Å². The Morgan fingerprint density at radius 2 is 2.29 bits per heavy atom. The molecule has 1 aromatic carbocycles. The first-order chi connectivity index (χ1) is 10.2. The van der Waals surface area contributed by atoms with Gasteiger partial charge in [0.2, 0.25) is 0 Å². The maximum absolute atomic E-state index is 4.70. The van der Waals surface area contributed by atoms with Crippen molar-refractivity contribution in [1.29, 1.82) is 0 Å². The van der Waals surface area contributed by atoms with Crippen molar-refractivity contribution < 1.29 is 0 Å². The molecule has 3 nitrogen and oxygen atoms in total. The molecule has 2 heterocycles. The zero-order valence-corrected chi connectivity index (χ0v) is 14.3. The van der Waals surface area contributed by atoms with E-state index in [9.17, 15) is 0 Å². The van der Waals surface area contributed by atoms with Gasteiger partial charge in [0.25, 0.3) is 0 Å². The summed E-state index contributed by atoms with van der Waals surface area (Å²) in [4.78, 5) is 5.78. The lowest BCUT2D eigenvalue weighted by Crippen LogP contribution is -2.23. The zero-order chi connectivity index (χ0) is 14.7. The third-order valence-corrected chi connectivity index (χ3v) is 4.81. The standard InChI is InChI=1S/C16H18BrN3S/c1-18-10-13(7-12-3-2-4-14(17)8-12)9-15-11-20-5-6-21-16(20)19-15/h2-6,8,11,13,18H,7,9-10H2,1H3. The minimum Gasteiger partial charge on any atom is -0.319 e. The van der Waals surface area contributed by atoms with E-state index in [2.05, 4.69) is 67.7 Å². The van der Waals surface area contributed by atoms with Gasteiger partial charge >= 0.3 is 0 Å². The number of benzene rings is 1. The van der Waals surface area contributed by atoms with Crippen LogP contribution in [0.15, 0.2) is 46.5 Å². The largest absolute Gasteiger partial charge is 0.319 e. The van der Waals surface area contributed by atoms with E-state index in [0.717, 1.165) is 28.8 Å². The van der Waals surface area contributed by atoms with Gasteiger partial charge in [-0.15, -0.1) is 11.3 Å². The molecule has 2 aromatic heterocycles. The Kier molecular flexibility index (Phi) is 4.73. The molecular formula is C16H18BrN3S. The van der Waals surface area contributed by atoms with Gasteiger partial charge in [-0.2, -0.15) is 0 Å². The van der Waals surface area contributed by atoms with Crippen molar-refractivity contribution in [2.75, 3.05) is 13.6 Å². The van der Waals surface area contributed by atoms with Crippen LogP contribution in [0.5, 0.6) is 0 Å². The summed E-state index contributed by atoms with van der Waals surface area (Å²) in [6.07, 6.45) is 6.28. The lowest BCUT2D eigenvalue weighted by molar-refractivity contribution is 0.489. The number of hydrogen-bond acceptors (Lipinski definition) is 3. The lowest BCUT2D eigenvalue weighted by Gasteiger charge is -2.15. The van der Waals surface area contributed by atoms with Crippen molar-refractivity contribution in [3.63, 3.8) is 0 Å². The summed E-state index contributed by atoms with van der Waals surface area (Å²) >= 11 is 5.23. The van der Waals surface area contributed by atoms with Crippen LogP contribution in [0.2, 0.25) is 0 Å². The number of fused-ring (bicyclic) bond motifs is 1. The molecule has 0 saturated heterocycles. The molecule has 21 heavy (non-hydrogen) atoms. The van der Waals surface area contributed by atoms with E-state index in [-0.39, 0.29) is 0 Å². The van der Waals surface area contributed by atoms with Crippen molar-refractivity contribution >= 4 is 32.2 Å². The fourth-order valence-corrected chi connectivity index (χ4v) is 3.84. The number of rotatable bonds is 6. The SMILES string of the molecule is CNCC(Cc1cccc(Br)c1)Cc1cn2ccsc2n1. The average molecular weight is 364 g/mol. The highest BCUT2D eigenvalue weighted by Crippen LogP contribution is 2.19. The summed E-state index contributed by atoms with van der Waals surface area (Å²) in [6, 6.07) is 8.57. The number of thiazole rings is 1. The molecule has 3 aromatic rings. The molecule has 0 aliphatic heterocycles. The summed E-state index contributed by atoms with van der Waals surface area (Å²) in [5.41, 5.74) is 2.54. The molecule has 0 amide bonds. The highest BCUT2D eigenvalue weighted by molar-refractivity contribution is 9.10. The summed E-state index contributed by atoms with van der Waals surface area (Å²) in [5.74, 6) is 0.550. The quantitative estimate of drug-likeness (QED) is 0.721. The smallest absolute Gasteiger partial charge is 0.193 e. The zero-order valence-electron chi connectivity index (χ0n) is 11.9. The van der Waals surface area contributed by atoms with Gasteiger partial charge in [0.1, 0.15) is 0 Å². The molecule has 0 radical (unpaired) electrons. The van der Waals surface area contributed by atoms with E-state index in [1.165, 1.54) is 11.3 Å². The minimum atomic E-state index is 0.550. The molecule has 0 fully saturated rings. The molecule has 1 atom stereocenters. The first-order valence-corrected chi connectivity index (χ1v) is 8.72. The van der Waals surface area contributed by atoms with Crippen molar-refractivity contribution in [3.8, 4) is 0 Å². The minimum absolute atomic E-state index is 0.550. The monoisotopic (exact) mass is 363 g/mol. The van der Waals surface area contributed by atoms with Crippen molar-refractivity contribution in [3.05, 3.63) is 57.8 Å². The van der Waals surface area contributed by atoms with Crippen LogP contribution in [0.4, 0.5) is 0 Å². The Balaban J connectivity index is 1.73. The van der Waals surface area contributed by atoms with Crippen molar-refractivity contribution in [2.24, 2.45) is 5.92 Å².